The van der Waals surface area contributed by atoms with E-state index in [1.54, 1.807) is 37.3 Å². The fourth-order valence-electron chi connectivity index (χ4n) is 5.82. The van der Waals surface area contributed by atoms with Crippen molar-refractivity contribution in [1.29, 1.82) is 0 Å². The van der Waals surface area contributed by atoms with Crippen LogP contribution in [0.3, 0.4) is 0 Å². The summed E-state index contributed by atoms with van der Waals surface area (Å²) >= 11 is 0. The summed E-state index contributed by atoms with van der Waals surface area (Å²) in [6.07, 6.45) is 3.36. The SMILES string of the molecule is CCOC(=O)c1ccc2oc(C3=C(c4ccccc4)/C(=C/C=C4\Oc5ccc(-c6ccccc6)cc5N4CCCS(=O)(=O)O)OC3=O)nc2c1. The van der Waals surface area contributed by atoms with Crippen LogP contribution in [0.4, 0.5) is 5.69 Å². The number of ether oxygens (including phenoxy) is 3. The number of benzene rings is 4. The van der Waals surface area contributed by atoms with Gasteiger partial charge in [0.2, 0.25) is 11.8 Å². The van der Waals surface area contributed by atoms with Crippen molar-refractivity contribution in [3.63, 3.8) is 0 Å². The Balaban J connectivity index is 1.29. The van der Waals surface area contributed by atoms with Gasteiger partial charge >= 0.3 is 11.9 Å². The number of allylic oxidation sites excluding steroid dienone is 3. The van der Waals surface area contributed by atoms with Gasteiger partial charge in [-0.1, -0.05) is 66.7 Å². The van der Waals surface area contributed by atoms with Gasteiger partial charge in [0.25, 0.3) is 10.1 Å². The number of carbonyl (C=O) groups excluding carboxylic acids is 2. The molecule has 0 aliphatic carbocycles. The number of hydrogen-bond donors (Lipinski definition) is 1. The van der Waals surface area contributed by atoms with Gasteiger partial charge in [0.15, 0.2) is 11.3 Å². The molecule has 1 N–H and O–H groups in total. The number of carbonyl (C=O) groups is 2. The predicted molar refractivity (Wildman–Crippen MR) is 186 cm³/mol. The van der Waals surface area contributed by atoms with Crippen LogP contribution in [0.2, 0.25) is 0 Å². The maximum absolute atomic E-state index is 13.5. The Hall–Kier alpha value is -5.98. The van der Waals surface area contributed by atoms with E-state index in [0.29, 0.717) is 45.1 Å². The normalized spacial score (nSPS) is 15.9. The van der Waals surface area contributed by atoms with Crippen LogP contribution in [0.1, 0.15) is 35.2 Å². The maximum Gasteiger partial charge on any atom is 0.349 e. The van der Waals surface area contributed by atoms with Crippen LogP contribution in [0.15, 0.2) is 125 Å². The smallest absolute Gasteiger partial charge is 0.349 e. The van der Waals surface area contributed by atoms with E-state index < -0.39 is 27.8 Å². The van der Waals surface area contributed by atoms with Crippen LogP contribution in [-0.2, 0) is 24.4 Å². The van der Waals surface area contributed by atoms with Crippen molar-refractivity contribution in [2.45, 2.75) is 13.3 Å². The topological polar surface area (TPSA) is 145 Å². The Labute approximate surface area is 287 Å². The number of hydrogen-bond acceptors (Lipinski definition) is 10. The molecular weight excluding hydrogens is 660 g/mol. The molecule has 0 saturated carbocycles. The minimum Gasteiger partial charge on any atom is -0.462 e. The van der Waals surface area contributed by atoms with Crippen molar-refractivity contribution in [3.05, 3.63) is 138 Å². The zero-order chi connectivity index (χ0) is 34.8. The minimum atomic E-state index is -4.18. The Bertz CT molecular complexity index is 2330. The summed E-state index contributed by atoms with van der Waals surface area (Å²) in [6, 6.07) is 29.4. The average molecular weight is 691 g/mol. The van der Waals surface area contributed by atoms with Gasteiger partial charge in [-0.3, -0.25) is 4.55 Å². The number of fused-ring (bicyclic) bond motifs is 2. The lowest BCUT2D eigenvalue weighted by Gasteiger charge is -2.18. The van der Waals surface area contributed by atoms with Crippen molar-refractivity contribution in [3.8, 4) is 16.9 Å². The van der Waals surface area contributed by atoms with Crippen LogP contribution in [0, 0.1) is 0 Å². The predicted octanol–water partition coefficient (Wildman–Crippen LogP) is 7.04. The molecular formula is C38H30N2O9S. The lowest BCUT2D eigenvalue weighted by Crippen LogP contribution is -2.23. The Morgan fingerprint density at radius 2 is 1.62 bits per heavy atom. The molecule has 0 bridgehead atoms. The molecule has 0 saturated heterocycles. The van der Waals surface area contributed by atoms with Gasteiger partial charge in [-0.05, 0) is 66.4 Å². The highest BCUT2D eigenvalue weighted by Crippen LogP contribution is 2.43. The number of esters is 2. The number of anilines is 1. The molecule has 0 fully saturated rings. The van der Waals surface area contributed by atoms with Gasteiger partial charge in [-0.15, -0.1) is 0 Å². The second-order valence-corrected chi connectivity index (χ2v) is 13.0. The molecule has 5 aromatic rings. The van der Waals surface area contributed by atoms with E-state index in [-0.39, 0.29) is 36.8 Å². The van der Waals surface area contributed by atoms with Crippen LogP contribution >= 0.6 is 0 Å². The quantitative estimate of drug-likeness (QED) is 0.119. The van der Waals surface area contributed by atoms with Gasteiger partial charge in [0, 0.05) is 18.2 Å². The largest absolute Gasteiger partial charge is 0.462 e. The van der Waals surface area contributed by atoms with Gasteiger partial charge in [0.05, 0.1) is 23.6 Å². The summed E-state index contributed by atoms with van der Waals surface area (Å²) < 4.78 is 55.6. The zero-order valence-electron chi connectivity index (χ0n) is 26.7. The van der Waals surface area contributed by atoms with Crippen molar-refractivity contribution >= 4 is 50.0 Å². The molecule has 50 heavy (non-hydrogen) atoms. The molecule has 0 unspecified atom stereocenters. The fourth-order valence-corrected chi connectivity index (χ4v) is 6.32. The molecule has 7 rings (SSSR count). The third kappa shape index (κ3) is 6.66. The highest BCUT2D eigenvalue weighted by atomic mass is 32.2. The molecule has 0 atom stereocenters. The molecule has 11 nitrogen and oxygen atoms in total. The summed E-state index contributed by atoms with van der Waals surface area (Å²) in [5.74, 6) is -0.471. The van der Waals surface area contributed by atoms with Gasteiger partial charge < -0.3 is 23.5 Å². The molecule has 0 amide bonds. The molecule has 0 radical (unpaired) electrons. The first-order valence-electron chi connectivity index (χ1n) is 15.8. The van der Waals surface area contributed by atoms with E-state index >= 15 is 0 Å². The van der Waals surface area contributed by atoms with Crippen molar-refractivity contribution in [1.82, 2.24) is 4.98 Å². The molecule has 12 heteroatoms. The van der Waals surface area contributed by atoms with Gasteiger partial charge in [-0.2, -0.15) is 8.42 Å². The first-order chi connectivity index (χ1) is 24.2. The van der Waals surface area contributed by atoms with E-state index in [1.165, 1.54) is 0 Å². The van der Waals surface area contributed by atoms with Crippen LogP contribution < -0.4 is 9.64 Å². The minimum absolute atomic E-state index is 0.0192. The average Bonchev–Trinajstić information content (AvgIpc) is 3.79. The van der Waals surface area contributed by atoms with Crippen molar-refractivity contribution < 1.29 is 41.2 Å². The summed E-state index contributed by atoms with van der Waals surface area (Å²) in [4.78, 5) is 32.2. The summed E-state index contributed by atoms with van der Waals surface area (Å²) in [6.45, 7) is 2.15. The number of nitrogens with zero attached hydrogens (tertiary/aromatic N) is 2. The Morgan fingerprint density at radius 1 is 0.880 bits per heavy atom. The van der Waals surface area contributed by atoms with Gasteiger partial charge in [0.1, 0.15) is 16.8 Å². The first kappa shape index (κ1) is 32.6. The molecule has 4 aromatic carbocycles. The summed E-state index contributed by atoms with van der Waals surface area (Å²) in [5.41, 5.74) is 4.87. The molecule has 1 aromatic heterocycles. The zero-order valence-corrected chi connectivity index (χ0v) is 27.6. The molecule has 3 heterocycles. The van der Waals surface area contributed by atoms with Crippen molar-refractivity contribution in [2.24, 2.45) is 0 Å². The monoisotopic (exact) mass is 690 g/mol. The molecule has 2 aliphatic heterocycles. The number of cyclic esters (lactones) is 1. The standard InChI is InChI=1S/C38H30N2O9S/c1-2-46-37(41)27-15-16-30-28(22-27)39-36(48-30)35-34(25-12-7-4-8-13-25)32(49-38(35)42)18-19-33-40(20-9-21-50(43,44)45)29-23-26(14-17-31(29)47-33)24-10-5-3-6-11-24/h3-8,10-19,22-23H,2,9,20-21H2,1H3,(H,43,44,45)/b32-18-,33-19-. The van der Waals surface area contributed by atoms with E-state index in [0.717, 1.165) is 11.1 Å². The van der Waals surface area contributed by atoms with Crippen LogP contribution in [0.25, 0.3) is 33.4 Å². The summed E-state index contributed by atoms with van der Waals surface area (Å²) in [7, 11) is -4.18. The third-order valence-corrected chi connectivity index (χ3v) is 8.88. The van der Waals surface area contributed by atoms with Crippen LogP contribution in [-0.4, -0.2) is 48.8 Å². The molecule has 252 valence electrons. The lowest BCUT2D eigenvalue weighted by atomic mass is 9.99. The number of rotatable bonds is 10. The van der Waals surface area contributed by atoms with E-state index in [4.69, 9.17) is 18.6 Å². The second-order valence-electron chi connectivity index (χ2n) is 11.4. The maximum atomic E-state index is 13.5. The third-order valence-electron chi connectivity index (χ3n) is 8.08. The molecule has 2 aliphatic rings. The van der Waals surface area contributed by atoms with E-state index in [1.807, 2.05) is 83.8 Å². The number of aromatic nitrogens is 1. The fraction of sp³-hybridized carbons (Fsp3) is 0.132. The highest BCUT2D eigenvalue weighted by molar-refractivity contribution is 7.85. The van der Waals surface area contributed by atoms with Gasteiger partial charge in [-0.25, -0.2) is 14.6 Å². The van der Waals surface area contributed by atoms with Crippen molar-refractivity contribution in [2.75, 3.05) is 23.8 Å². The Kier molecular flexibility index (Phi) is 8.79. The lowest BCUT2D eigenvalue weighted by molar-refractivity contribution is -0.131. The first-order valence-corrected chi connectivity index (χ1v) is 17.4. The van der Waals surface area contributed by atoms with Crippen LogP contribution in [0.5, 0.6) is 5.75 Å². The highest BCUT2D eigenvalue weighted by Gasteiger charge is 2.36. The number of oxazole rings is 1. The summed E-state index contributed by atoms with van der Waals surface area (Å²) in [5, 5.41) is 0. The van der Waals surface area contributed by atoms with E-state index in [9.17, 15) is 22.6 Å². The van der Waals surface area contributed by atoms with E-state index in [2.05, 4.69) is 4.98 Å². The second kappa shape index (κ2) is 13.5. The molecule has 0 spiro atoms. The Morgan fingerprint density at radius 3 is 2.34 bits per heavy atom.